The largest absolute Gasteiger partial charge is 0.493 e. The second kappa shape index (κ2) is 8.57. The quantitative estimate of drug-likeness (QED) is 0.601. The molecule has 2 aliphatic heterocycles. The number of halogens is 1. The lowest BCUT2D eigenvalue weighted by Crippen LogP contribution is -2.56. The zero-order valence-electron chi connectivity index (χ0n) is 18.9. The Morgan fingerprint density at radius 3 is 2.74 bits per heavy atom. The summed E-state index contributed by atoms with van der Waals surface area (Å²) >= 11 is 0. The van der Waals surface area contributed by atoms with E-state index in [2.05, 4.69) is 15.1 Å². The van der Waals surface area contributed by atoms with Crippen molar-refractivity contribution in [3.05, 3.63) is 66.0 Å². The van der Waals surface area contributed by atoms with Crippen LogP contribution in [0.4, 0.5) is 20.7 Å². The Hall–Kier alpha value is -3.72. The van der Waals surface area contributed by atoms with E-state index in [1.807, 2.05) is 37.3 Å². The van der Waals surface area contributed by atoms with Gasteiger partial charge in [-0.3, -0.25) is 4.90 Å². The van der Waals surface area contributed by atoms with Crippen molar-refractivity contribution in [2.24, 2.45) is 0 Å². The van der Waals surface area contributed by atoms with Gasteiger partial charge >= 0.3 is 6.09 Å². The Morgan fingerprint density at radius 2 is 2.00 bits per heavy atom. The summed E-state index contributed by atoms with van der Waals surface area (Å²) in [6.45, 7) is 3.33. The number of amides is 1. The fraction of sp³-hybridized carbons (Fsp3) is 0.320. The number of rotatable bonds is 5. The number of aromatic nitrogens is 2. The normalized spacial score (nSPS) is 21.2. The molecule has 2 aliphatic rings. The highest BCUT2D eigenvalue weighted by atomic mass is 19.1. The maximum Gasteiger partial charge on any atom is 0.413 e. The van der Waals surface area contributed by atoms with Crippen molar-refractivity contribution in [1.82, 2.24) is 10.2 Å². The number of anilines is 2. The zero-order valence-corrected chi connectivity index (χ0v) is 18.9. The van der Waals surface area contributed by atoms with Gasteiger partial charge in [-0.2, -0.15) is 0 Å². The molecule has 0 spiro atoms. The van der Waals surface area contributed by atoms with Gasteiger partial charge < -0.3 is 19.5 Å². The minimum absolute atomic E-state index is 0.0657. The fourth-order valence-electron chi connectivity index (χ4n) is 4.92. The molecule has 0 unspecified atom stereocenters. The number of fused-ring (bicyclic) bond motifs is 3. The van der Waals surface area contributed by atoms with E-state index in [1.165, 1.54) is 18.1 Å². The van der Waals surface area contributed by atoms with Crippen LogP contribution in [0.25, 0.3) is 11.3 Å². The van der Waals surface area contributed by atoms with Crippen LogP contribution in [0.3, 0.4) is 0 Å². The molecule has 34 heavy (non-hydrogen) atoms. The molecule has 0 radical (unpaired) electrons. The van der Waals surface area contributed by atoms with Gasteiger partial charge in [-0.15, -0.1) is 10.2 Å². The van der Waals surface area contributed by atoms with Gasteiger partial charge in [0.2, 0.25) is 0 Å². The van der Waals surface area contributed by atoms with E-state index in [0.29, 0.717) is 36.5 Å². The Bertz CT molecular complexity index is 1220. The molecule has 1 N–H and O–H groups in total. The van der Waals surface area contributed by atoms with E-state index < -0.39 is 17.4 Å². The SMILES string of the molecule is COc1c(F)cccc1-c1cc2c(nn1)N(C(=O)O)C[C@@]1(C)C[C@@H](OCc3ccccc3)CN21. The summed E-state index contributed by atoms with van der Waals surface area (Å²) in [6, 6.07) is 16.3. The number of methoxy groups -OCH3 is 1. The van der Waals surface area contributed by atoms with Crippen molar-refractivity contribution in [2.75, 3.05) is 30.0 Å². The van der Waals surface area contributed by atoms with E-state index in [1.54, 1.807) is 18.2 Å². The average molecular weight is 464 g/mol. The van der Waals surface area contributed by atoms with Crippen molar-refractivity contribution >= 4 is 17.6 Å². The highest BCUT2D eigenvalue weighted by Crippen LogP contribution is 2.46. The number of nitrogens with zero attached hydrogens (tertiary/aromatic N) is 4. The van der Waals surface area contributed by atoms with Crippen molar-refractivity contribution in [3.8, 4) is 17.0 Å². The lowest BCUT2D eigenvalue weighted by molar-refractivity contribution is 0.0503. The van der Waals surface area contributed by atoms with E-state index in [4.69, 9.17) is 9.47 Å². The predicted molar refractivity (Wildman–Crippen MR) is 125 cm³/mol. The van der Waals surface area contributed by atoms with Gasteiger partial charge in [-0.1, -0.05) is 36.4 Å². The predicted octanol–water partition coefficient (Wildman–Crippen LogP) is 4.34. The zero-order chi connectivity index (χ0) is 23.9. The van der Waals surface area contributed by atoms with Crippen molar-refractivity contribution in [2.45, 2.75) is 31.6 Å². The monoisotopic (exact) mass is 464 g/mol. The first-order valence-corrected chi connectivity index (χ1v) is 11.0. The molecule has 176 valence electrons. The molecule has 1 fully saturated rings. The molecule has 1 amide bonds. The number of carboxylic acid groups (broad SMARTS) is 1. The lowest BCUT2D eigenvalue weighted by atomic mass is 9.94. The number of benzene rings is 2. The summed E-state index contributed by atoms with van der Waals surface area (Å²) in [4.78, 5) is 15.4. The third-order valence-corrected chi connectivity index (χ3v) is 6.51. The summed E-state index contributed by atoms with van der Waals surface area (Å²) in [5.41, 5.74) is 2.06. The van der Waals surface area contributed by atoms with Gasteiger partial charge in [-0.05, 0) is 37.1 Å². The second-order valence-corrected chi connectivity index (χ2v) is 8.86. The minimum Gasteiger partial charge on any atom is -0.493 e. The number of carbonyl (C=O) groups is 1. The topological polar surface area (TPSA) is 88.0 Å². The Kier molecular flexibility index (Phi) is 5.57. The van der Waals surface area contributed by atoms with Crippen LogP contribution >= 0.6 is 0 Å². The van der Waals surface area contributed by atoms with Crippen molar-refractivity contribution < 1.29 is 23.8 Å². The number of para-hydroxylation sites is 1. The smallest absolute Gasteiger partial charge is 0.413 e. The number of ether oxygens (including phenoxy) is 2. The minimum atomic E-state index is -1.10. The molecular formula is C25H25FN4O4. The van der Waals surface area contributed by atoms with Crippen LogP contribution in [0.5, 0.6) is 5.75 Å². The highest BCUT2D eigenvalue weighted by molar-refractivity contribution is 5.92. The maximum atomic E-state index is 14.3. The molecule has 5 rings (SSSR count). The first kappa shape index (κ1) is 22.1. The molecule has 2 aromatic carbocycles. The van der Waals surface area contributed by atoms with Crippen LogP contribution in [0.2, 0.25) is 0 Å². The average Bonchev–Trinajstić information content (AvgIpc) is 3.19. The highest BCUT2D eigenvalue weighted by Gasteiger charge is 2.50. The lowest BCUT2D eigenvalue weighted by Gasteiger charge is -2.44. The Morgan fingerprint density at radius 1 is 1.21 bits per heavy atom. The third kappa shape index (κ3) is 3.81. The van der Waals surface area contributed by atoms with Crippen LogP contribution in [-0.2, 0) is 11.3 Å². The van der Waals surface area contributed by atoms with Crippen LogP contribution in [-0.4, -0.2) is 53.2 Å². The first-order valence-electron chi connectivity index (χ1n) is 11.0. The summed E-state index contributed by atoms with van der Waals surface area (Å²) in [5.74, 6) is -0.184. The first-order chi connectivity index (χ1) is 16.4. The Labute approximate surface area is 196 Å². The van der Waals surface area contributed by atoms with Gasteiger partial charge in [0.05, 0.1) is 43.3 Å². The van der Waals surface area contributed by atoms with E-state index >= 15 is 0 Å². The Balaban J connectivity index is 1.50. The van der Waals surface area contributed by atoms with Gasteiger partial charge in [0.1, 0.15) is 0 Å². The summed E-state index contributed by atoms with van der Waals surface area (Å²) in [6.07, 6.45) is -0.530. The molecule has 9 heteroatoms. The molecule has 1 saturated heterocycles. The third-order valence-electron chi connectivity index (χ3n) is 6.51. The second-order valence-electron chi connectivity index (χ2n) is 8.86. The molecule has 8 nitrogen and oxygen atoms in total. The summed E-state index contributed by atoms with van der Waals surface area (Å²) < 4.78 is 25.8. The molecule has 3 heterocycles. The molecule has 2 atom stereocenters. The fourth-order valence-corrected chi connectivity index (χ4v) is 4.92. The van der Waals surface area contributed by atoms with Gasteiger partial charge in [0.15, 0.2) is 17.4 Å². The van der Waals surface area contributed by atoms with E-state index in [0.717, 1.165) is 5.56 Å². The van der Waals surface area contributed by atoms with Crippen LogP contribution in [0.15, 0.2) is 54.6 Å². The van der Waals surface area contributed by atoms with Crippen LogP contribution in [0, 0.1) is 5.82 Å². The molecule has 3 aromatic rings. The number of hydrogen-bond acceptors (Lipinski definition) is 6. The molecule has 0 bridgehead atoms. The number of hydrogen-bond donors (Lipinski definition) is 1. The summed E-state index contributed by atoms with van der Waals surface area (Å²) in [5, 5.41) is 18.3. The van der Waals surface area contributed by atoms with Crippen molar-refractivity contribution in [1.29, 1.82) is 0 Å². The van der Waals surface area contributed by atoms with Crippen LogP contribution < -0.4 is 14.5 Å². The van der Waals surface area contributed by atoms with Gasteiger partial charge in [-0.25, -0.2) is 9.18 Å². The van der Waals surface area contributed by atoms with E-state index in [-0.39, 0.29) is 24.2 Å². The van der Waals surface area contributed by atoms with Gasteiger partial charge in [0, 0.05) is 12.1 Å². The molecule has 0 saturated carbocycles. The standard InChI is InChI=1S/C25H25FN4O4/c1-25-12-17(34-14-16-7-4-3-5-8-16)13-30(25)21-11-20(18-9-6-10-19(26)22(18)33-2)27-28-23(21)29(15-25)24(31)32/h3-11,17H,12-15H2,1-2H3,(H,31,32)/t17-,25-/m1/s1. The van der Waals surface area contributed by atoms with Crippen molar-refractivity contribution in [3.63, 3.8) is 0 Å². The maximum absolute atomic E-state index is 14.3. The molecule has 0 aliphatic carbocycles. The van der Waals surface area contributed by atoms with Crippen LogP contribution in [0.1, 0.15) is 18.9 Å². The summed E-state index contributed by atoms with van der Waals surface area (Å²) in [7, 11) is 1.39. The molecular weight excluding hydrogens is 439 g/mol. The molecule has 1 aromatic heterocycles. The van der Waals surface area contributed by atoms with Gasteiger partial charge in [0.25, 0.3) is 0 Å². The van der Waals surface area contributed by atoms with E-state index in [9.17, 15) is 14.3 Å².